The zero-order valence-corrected chi connectivity index (χ0v) is 19.1. The van der Waals surface area contributed by atoms with Gasteiger partial charge in [-0.3, -0.25) is 19.4 Å². The summed E-state index contributed by atoms with van der Waals surface area (Å²) >= 11 is 0. The van der Waals surface area contributed by atoms with E-state index >= 15 is 0 Å². The SMILES string of the molecule is O=C(NCCN1CCN(Cc2ccccc2)CC1)[C@@H]1CCCN(C(=O)c2ccc(F)cc2)C1. The van der Waals surface area contributed by atoms with Crippen LogP contribution in [0.15, 0.2) is 54.6 Å². The van der Waals surface area contributed by atoms with Crippen LogP contribution in [0.25, 0.3) is 0 Å². The number of nitrogens with one attached hydrogen (secondary N) is 1. The fourth-order valence-electron chi connectivity index (χ4n) is 4.64. The Morgan fingerprint density at radius 1 is 0.909 bits per heavy atom. The van der Waals surface area contributed by atoms with E-state index < -0.39 is 0 Å². The Kier molecular flexibility index (Phi) is 8.07. The molecule has 0 aliphatic carbocycles. The van der Waals surface area contributed by atoms with E-state index in [2.05, 4.69) is 39.4 Å². The third-order valence-electron chi connectivity index (χ3n) is 6.61. The average Bonchev–Trinajstić information content (AvgIpc) is 2.86. The number of amides is 2. The van der Waals surface area contributed by atoms with Gasteiger partial charge in [0.2, 0.25) is 5.91 Å². The molecule has 2 amide bonds. The second kappa shape index (κ2) is 11.4. The topological polar surface area (TPSA) is 55.9 Å². The highest BCUT2D eigenvalue weighted by atomic mass is 19.1. The van der Waals surface area contributed by atoms with Gasteiger partial charge >= 0.3 is 0 Å². The van der Waals surface area contributed by atoms with Crippen molar-refractivity contribution in [1.82, 2.24) is 20.0 Å². The number of piperidine rings is 1. The third kappa shape index (κ3) is 6.62. The van der Waals surface area contributed by atoms with Crippen molar-refractivity contribution in [3.05, 3.63) is 71.5 Å². The number of hydrogen-bond acceptors (Lipinski definition) is 4. The van der Waals surface area contributed by atoms with Crippen molar-refractivity contribution in [3.8, 4) is 0 Å². The van der Waals surface area contributed by atoms with E-state index in [0.29, 0.717) is 25.2 Å². The molecule has 0 saturated carbocycles. The monoisotopic (exact) mass is 452 g/mol. The number of piperazine rings is 1. The van der Waals surface area contributed by atoms with Gasteiger partial charge in [-0.05, 0) is 42.7 Å². The Morgan fingerprint density at radius 2 is 1.61 bits per heavy atom. The van der Waals surface area contributed by atoms with Crippen molar-refractivity contribution >= 4 is 11.8 Å². The second-order valence-electron chi connectivity index (χ2n) is 8.99. The van der Waals surface area contributed by atoms with E-state index in [1.165, 1.54) is 29.8 Å². The Bertz CT molecular complexity index is 914. The summed E-state index contributed by atoms with van der Waals surface area (Å²) in [5, 5.41) is 3.08. The first-order chi connectivity index (χ1) is 16.1. The van der Waals surface area contributed by atoms with Crippen LogP contribution in [0.4, 0.5) is 4.39 Å². The van der Waals surface area contributed by atoms with Crippen molar-refractivity contribution in [2.75, 3.05) is 52.4 Å². The molecule has 0 aromatic heterocycles. The van der Waals surface area contributed by atoms with Gasteiger partial charge < -0.3 is 10.2 Å². The van der Waals surface area contributed by atoms with Gasteiger partial charge in [0.05, 0.1) is 5.92 Å². The quantitative estimate of drug-likeness (QED) is 0.702. The van der Waals surface area contributed by atoms with Crippen LogP contribution in [-0.4, -0.2) is 78.9 Å². The summed E-state index contributed by atoms with van der Waals surface area (Å²) in [6.45, 7) is 7.58. The molecule has 2 fully saturated rings. The van der Waals surface area contributed by atoms with E-state index in [-0.39, 0.29) is 23.5 Å². The van der Waals surface area contributed by atoms with Crippen molar-refractivity contribution < 1.29 is 14.0 Å². The van der Waals surface area contributed by atoms with Crippen LogP contribution in [-0.2, 0) is 11.3 Å². The molecular weight excluding hydrogens is 419 g/mol. The number of carbonyl (C=O) groups is 2. The Morgan fingerprint density at radius 3 is 2.33 bits per heavy atom. The highest BCUT2D eigenvalue weighted by molar-refractivity contribution is 5.94. The minimum Gasteiger partial charge on any atom is -0.355 e. The minimum atomic E-state index is -0.361. The highest BCUT2D eigenvalue weighted by Gasteiger charge is 2.29. The van der Waals surface area contributed by atoms with Crippen LogP contribution in [0, 0.1) is 11.7 Å². The first kappa shape index (κ1) is 23.4. The molecule has 2 aromatic rings. The number of rotatable bonds is 7. The molecule has 176 valence electrons. The predicted octanol–water partition coefficient (Wildman–Crippen LogP) is 2.61. The predicted molar refractivity (Wildman–Crippen MR) is 126 cm³/mol. The first-order valence-corrected chi connectivity index (χ1v) is 11.9. The van der Waals surface area contributed by atoms with Gasteiger partial charge in [-0.1, -0.05) is 30.3 Å². The van der Waals surface area contributed by atoms with Crippen LogP contribution in [0.2, 0.25) is 0 Å². The van der Waals surface area contributed by atoms with Gasteiger partial charge in [-0.2, -0.15) is 0 Å². The zero-order chi connectivity index (χ0) is 23.0. The van der Waals surface area contributed by atoms with Gasteiger partial charge in [0.15, 0.2) is 0 Å². The van der Waals surface area contributed by atoms with Crippen LogP contribution < -0.4 is 5.32 Å². The molecule has 0 unspecified atom stereocenters. The van der Waals surface area contributed by atoms with Crippen LogP contribution in [0.3, 0.4) is 0 Å². The number of carbonyl (C=O) groups excluding carboxylic acids is 2. The maximum Gasteiger partial charge on any atom is 0.253 e. The van der Waals surface area contributed by atoms with Gasteiger partial charge in [-0.25, -0.2) is 4.39 Å². The van der Waals surface area contributed by atoms with Gasteiger partial charge in [0.1, 0.15) is 5.82 Å². The van der Waals surface area contributed by atoms with Crippen molar-refractivity contribution in [1.29, 1.82) is 0 Å². The molecule has 2 saturated heterocycles. The van der Waals surface area contributed by atoms with Crippen molar-refractivity contribution in [2.45, 2.75) is 19.4 Å². The Balaban J connectivity index is 1.16. The molecule has 1 N–H and O–H groups in total. The summed E-state index contributed by atoms with van der Waals surface area (Å²) in [5.41, 5.74) is 1.81. The zero-order valence-electron chi connectivity index (χ0n) is 19.1. The number of halogens is 1. The molecule has 4 rings (SSSR count). The van der Waals surface area contributed by atoms with Crippen LogP contribution >= 0.6 is 0 Å². The van der Waals surface area contributed by atoms with E-state index in [1.54, 1.807) is 4.90 Å². The molecule has 6 nitrogen and oxygen atoms in total. The van der Waals surface area contributed by atoms with Gasteiger partial charge in [0.25, 0.3) is 5.91 Å². The lowest BCUT2D eigenvalue weighted by Crippen LogP contribution is -2.49. The average molecular weight is 453 g/mol. The smallest absolute Gasteiger partial charge is 0.253 e. The molecule has 2 heterocycles. The lowest BCUT2D eigenvalue weighted by molar-refractivity contribution is -0.126. The summed E-state index contributed by atoms with van der Waals surface area (Å²) in [5.74, 6) is -0.666. The van der Waals surface area contributed by atoms with Gasteiger partial charge in [-0.15, -0.1) is 0 Å². The Labute approximate surface area is 195 Å². The molecule has 1 atom stereocenters. The molecule has 7 heteroatoms. The molecular formula is C26H33FN4O2. The summed E-state index contributed by atoms with van der Waals surface area (Å²) in [6, 6.07) is 16.1. The lowest BCUT2D eigenvalue weighted by atomic mass is 9.96. The highest BCUT2D eigenvalue weighted by Crippen LogP contribution is 2.19. The number of likely N-dealkylation sites (tertiary alicyclic amines) is 1. The molecule has 0 spiro atoms. The summed E-state index contributed by atoms with van der Waals surface area (Å²) in [7, 11) is 0. The van der Waals surface area contributed by atoms with Crippen molar-refractivity contribution in [2.24, 2.45) is 5.92 Å². The van der Waals surface area contributed by atoms with E-state index in [4.69, 9.17) is 0 Å². The van der Waals surface area contributed by atoms with E-state index in [1.807, 2.05) is 6.07 Å². The van der Waals surface area contributed by atoms with Gasteiger partial charge in [0, 0.05) is 64.5 Å². The lowest BCUT2D eigenvalue weighted by Gasteiger charge is -2.35. The normalized spacial score (nSPS) is 19.9. The number of nitrogens with zero attached hydrogens (tertiary/aromatic N) is 3. The molecule has 2 aliphatic rings. The molecule has 0 radical (unpaired) electrons. The van der Waals surface area contributed by atoms with Crippen LogP contribution in [0.1, 0.15) is 28.8 Å². The summed E-state index contributed by atoms with van der Waals surface area (Å²) < 4.78 is 13.1. The standard InChI is InChI=1S/C26H33FN4O2/c27-24-10-8-22(9-11-24)26(33)31-13-4-7-23(20-31)25(32)28-12-14-29-15-17-30(18-16-29)19-21-5-2-1-3-6-21/h1-3,5-6,8-11,23H,4,7,12-20H2,(H,28,32)/t23-/m1/s1. The third-order valence-corrected chi connectivity index (χ3v) is 6.61. The largest absolute Gasteiger partial charge is 0.355 e. The van der Waals surface area contributed by atoms with E-state index in [0.717, 1.165) is 52.1 Å². The fraction of sp³-hybridized carbons (Fsp3) is 0.462. The Hall–Kier alpha value is -2.77. The van der Waals surface area contributed by atoms with E-state index in [9.17, 15) is 14.0 Å². The maximum absolute atomic E-state index is 13.1. The molecule has 2 aromatic carbocycles. The second-order valence-corrected chi connectivity index (χ2v) is 8.99. The first-order valence-electron chi connectivity index (χ1n) is 11.9. The minimum absolute atomic E-state index is 0.0225. The molecule has 33 heavy (non-hydrogen) atoms. The van der Waals surface area contributed by atoms with Crippen molar-refractivity contribution in [3.63, 3.8) is 0 Å². The molecule has 2 aliphatic heterocycles. The number of hydrogen-bond donors (Lipinski definition) is 1. The molecule has 0 bridgehead atoms. The van der Waals surface area contributed by atoms with Crippen LogP contribution in [0.5, 0.6) is 0 Å². The summed E-state index contributed by atoms with van der Waals surface area (Å²) in [4.78, 5) is 32.0. The summed E-state index contributed by atoms with van der Waals surface area (Å²) in [6.07, 6.45) is 1.59. The number of benzene rings is 2. The maximum atomic E-state index is 13.1. The fourth-order valence-corrected chi connectivity index (χ4v) is 4.64.